The number of carbonyl (C=O) groups excluding carboxylic acids is 1. The van der Waals surface area contributed by atoms with Crippen LogP contribution in [0.2, 0.25) is 0 Å². The molecule has 0 aromatic carbocycles. The Balaban J connectivity index is 0.00000132. The Kier molecular flexibility index (Phi) is 10.4. The Morgan fingerprint density at radius 3 is 2.69 bits per heavy atom. The summed E-state index contributed by atoms with van der Waals surface area (Å²) in [6, 6.07) is 1.80. The van der Waals surface area contributed by atoms with Crippen molar-refractivity contribution in [3.63, 3.8) is 0 Å². The standard InChI is InChI=1S/C20H29N3O3.CH2O2/c1-5-17-21-10-12-23(17)11-6-9-22-19(24)18-15(4)13-16(26-20(18)25)8-7-14(2)3;2-1-3/h10,12-14H,5-9,11H2,1-4H3,(H,22,24);1H,(H,2,3). The Bertz CT molecular complexity index is 839. The highest BCUT2D eigenvalue weighted by Gasteiger charge is 2.16. The van der Waals surface area contributed by atoms with E-state index in [1.165, 1.54) is 0 Å². The van der Waals surface area contributed by atoms with Crippen molar-refractivity contribution < 1.29 is 19.1 Å². The maximum atomic E-state index is 12.4. The fraction of sp³-hybridized carbons (Fsp3) is 0.524. The minimum atomic E-state index is -0.552. The molecular formula is C21H31N3O5. The summed E-state index contributed by atoms with van der Waals surface area (Å²) >= 11 is 0. The third kappa shape index (κ3) is 7.93. The average Bonchev–Trinajstić information content (AvgIpc) is 3.11. The van der Waals surface area contributed by atoms with Crippen LogP contribution in [0, 0.1) is 12.8 Å². The lowest BCUT2D eigenvalue weighted by atomic mass is 10.0. The molecule has 2 aromatic rings. The zero-order valence-corrected chi connectivity index (χ0v) is 17.6. The minimum absolute atomic E-state index is 0.107. The summed E-state index contributed by atoms with van der Waals surface area (Å²) in [6.07, 6.45) is 7.03. The second-order valence-corrected chi connectivity index (χ2v) is 7.10. The third-order valence-corrected chi connectivity index (χ3v) is 4.37. The number of imidazole rings is 1. The van der Waals surface area contributed by atoms with Gasteiger partial charge in [-0.3, -0.25) is 9.59 Å². The fourth-order valence-corrected chi connectivity index (χ4v) is 2.90. The number of carbonyl (C=O) groups is 2. The fourth-order valence-electron chi connectivity index (χ4n) is 2.90. The van der Waals surface area contributed by atoms with Gasteiger partial charge in [-0.25, -0.2) is 9.78 Å². The zero-order chi connectivity index (χ0) is 21.8. The van der Waals surface area contributed by atoms with E-state index < -0.39 is 5.63 Å². The maximum absolute atomic E-state index is 12.4. The van der Waals surface area contributed by atoms with Gasteiger partial charge in [-0.15, -0.1) is 0 Å². The molecule has 160 valence electrons. The topological polar surface area (TPSA) is 114 Å². The van der Waals surface area contributed by atoms with Crippen LogP contribution in [0.4, 0.5) is 0 Å². The quantitative estimate of drug-likeness (QED) is 0.490. The van der Waals surface area contributed by atoms with Crippen molar-refractivity contribution in [1.29, 1.82) is 0 Å². The summed E-state index contributed by atoms with van der Waals surface area (Å²) in [5, 5.41) is 9.71. The van der Waals surface area contributed by atoms with Crippen LogP contribution in [0.5, 0.6) is 0 Å². The second-order valence-electron chi connectivity index (χ2n) is 7.10. The molecular weight excluding hydrogens is 374 g/mol. The molecule has 0 radical (unpaired) electrons. The number of nitrogens with zero attached hydrogens (tertiary/aromatic N) is 2. The first-order valence-corrected chi connectivity index (χ1v) is 9.83. The van der Waals surface area contributed by atoms with E-state index in [-0.39, 0.29) is 17.9 Å². The third-order valence-electron chi connectivity index (χ3n) is 4.37. The smallest absolute Gasteiger partial charge is 0.349 e. The van der Waals surface area contributed by atoms with E-state index in [1.807, 2.05) is 6.20 Å². The molecule has 0 saturated carbocycles. The van der Waals surface area contributed by atoms with Crippen molar-refractivity contribution in [2.45, 2.75) is 59.9 Å². The molecule has 8 heteroatoms. The monoisotopic (exact) mass is 405 g/mol. The van der Waals surface area contributed by atoms with Crippen LogP contribution in [0.3, 0.4) is 0 Å². The van der Waals surface area contributed by atoms with Crippen molar-refractivity contribution in [3.05, 3.63) is 51.6 Å². The van der Waals surface area contributed by atoms with Gasteiger partial charge < -0.3 is 19.4 Å². The Morgan fingerprint density at radius 1 is 1.41 bits per heavy atom. The van der Waals surface area contributed by atoms with E-state index in [4.69, 9.17) is 14.3 Å². The van der Waals surface area contributed by atoms with E-state index in [2.05, 4.69) is 35.6 Å². The van der Waals surface area contributed by atoms with E-state index in [9.17, 15) is 9.59 Å². The first-order valence-electron chi connectivity index (χ1n) is 9.83. The molecule has 8 nitrogen and oxygen atoms in total. The van der Waals surface area contributed by atoms with Gasteiger partial charge in [0.1, 0.15) is 17.1 Å². The summed E-state index contributed by atoms with van der Waals surface area (Å²) in [4.78, 5) is 37.2. The predicted molar refractivity (Wildman–Crippen MR) is 110 cm³/mol. The molecule has 1 amide bonds. The minimum Gasteiger partial charge on any atom is -0.483 e. The number of hydrogen-bond acceptors (Lipinski definition) is 5. The molecule has 2 rings (SSSR count). The Morgan fingerprint density at radius 2 is 2.10 bits per heavy atom. The molecule has 2 N–H and O–H groups in total. The number of carboxylic acid groups (broad SMARTS) is 1. The number of aryl methyl sites for hydroxylation is 4. The number of amides is 1. The van der Waals surface area contributed by atoms with Crippen LogP contribution in [-0.2, 0) is 24.2 Å². The summed E-state index contributed by atoms with van der Waals surface area (Å²) in [6.45, 7) is 9.12. The molecule has 2 aromatic heterocycles. The maximum Gasteiger partial charge on any atom is 0.349 e. The summed E-state index contributed by atoms with van der Waals surface area (Å²) in [5.41, 5.74) is 0.222. The van der Waals surface area contributed by atoms with Gasteiger partial charge in [-0.1, -0.05) is 20.8 Å². The molecule has 0 unspecified atom stereocenters. The van der Waals surface area contributed by atoms with Crippen LogP contribution < -0.4 is 10.9 Å². The largest absolute Gasteiger partial charge is 0.483 e. The highest BCUT2D eigenvalue weighted by atomic mass is 16.4. The SMILES string of the molecule is CCc1nccn1CCCNC(=O)c1c(C)cc(CCC(C)C)oc1=O.O=CO. The lowest BCUT2D eigenvalue weighted by Gasteiger charge is -2.10. The molecule has 0 fully saturated rings. The Hall–Kier alpha value is -2.90. The summed E-state index contributed by atoms with van der Waals surface area (Å²) in [7, 11) is 0. The normalized spacial score (nSPS) is 10.4. The van der Waals surface area contributed by atoms with E-state index in [1.54, 1.807) is 19.2 Å². The molecule has 0 atom stereocenters. The molecule has 2 heterocycles. The van der Waals surface area contributed by atoms with Crippen LogP contribution in [-0.4, -0.2) is 33.6 Å². The van der Waals surface area contributed by atoms with Gasteiger partial charge in [0, 0.05) is 38.3 Å². The van der Waals surface area contributed by atoms with Gasteiger partial charge in [0.2, 0.25) is 0 Å². The molecule has 29 heavy (non-hydrogen) atoms. The van der Waals surface area contributed by atoms with Gasteiger partial charge in [-0.2, -0.15) is 0 Å². The molecule has 0 aliphatic rings. The first kappa shape index (κ1) is 24.1. The van der Waals surface area contributed by atoms with Crippen molar-refractivity contribution in [2.24, 2.45) is 5.92 Å². The highest BCUT2D eigenvalue weighted by molar-refractivity contribution is 5.95. The van der Waals surface area contributed by atoms with E-state index in [0.717, 1.165) is 31.6 Å². The molecule has 0 spiro atoms. The number of aromatic nitrogens is 2. The van der Waals surface area contributed by atoms with Crippen molar-refractivity contribution in [2.75, 3.05) is 6.54 Å². The van der Waals surface area contributed by atoms with Crippen LogP contribution in [0.1, 0.15) is 61.1 Å². The van der Waals surface area contributed by atoms with Gasteiger partial charge in [0.25, 0.3) is 12.4 Å². The van der Waals surface area contributed by atoms with E-state index >= 15 is 0 Å². The van der Waals surface area contributed by atoms with Crippen LogP contribution >= 0.6 is 0 Å². The molecule has 0 saturated heterocycles. The lowest BCUT2D eigenvalue weighted by Crippen LogP contribution is -2.31. The Labute approximate surface area is 171 Å². The van der Waals surface area contributed by atoms with Crippen molar-refractivity contribution >= 4 is 12.4 Å². The molecule has 0 bridgehead atoms. The van der Waals surface area contributed by atoms with Crippen LogP contribution in [0.25, 0.3) is 0 Å². The summed E-state index contributed by atoms with van der Waals surface area (Å²) in [5.74, 6) is 1.84. The molecule has 0 aliphatic heterocycles. The average molecular weight is 405 g/mol. The first-order chi connectivity index (χ1) is 13.8. The highest BCUT2D eigenvalue weighted by Crippen LogP contribution is 2.11. The summed E-state index contributed by atoms with van der Waals surface area (Å²) < 4.78 is 7.41. The zero-order valence-electron chi connectivity index (χ0n) is 17.6. The van der Waals surface area contributed by atoms with Crippen molar-refractivity contribution in [3.8, 4) is 0 Å². The molecule has 0 aliphatic carbocycles. The van der Waals surface area contributed by atoms with E-state index in [0.29, 0.717) is 30.2 Å². The van der Waals surface area contributed by atoms with Gasteiger partial charge >= 0.3 is 5.63 Å². The van der Waals surface area contributed by atoms with Crippen LogP contribution in [0.15, 0.2) is 27.7 Å². The van der Waals surface area contributed by atoms with Gasteiger partial charge in [0.15, 0.2) is 0 Å². The van der Waals surface area contributed by atoms with Crippen molar-refractivity contribution in [1.82, 2.24) is 14.9 Å². The number of hydrogen-bond donors (Lipinski definition) is 2. The second kappa shape index (κ2) is 12.5. The van der Waals surface area contributed by atoms with Gasteiger partial charge in [-0.05, 0) is 37.3 Å². The van der Waals surface area contributed by atoms with Gasteiger partial charge in [0.05, 0.1) is 0 Å². The number of nitrogens with one attached hydrogen (secondary N) is 1. The lowest BCUT2D eigenvalue weighted by molar-refractivity contribution is -0.122. The number of rotatable bonds is 9. The predicted octanol–water partition coefficient (Wildman–Crippen LogP) is 2.82.